The molecule has 0 radical (unpaired) electrons. The zero-order valence-corrected chi connectivity index (χ0v) is 15.2. The topological polar surface area (TPSA) is 72.3 Å². The van der Waals surface area contributed by atoms with E-state index in [0.717, 1.165) is 18.4 Å². The molecule has 8 heteroatoms. The van der Waals surface area contributed by atoms with Gasteiger partial charge in [0.2, 0.25) is 5.91 Å². The summed E-state index contributed by atoms with van der Waals surface area (Å²) in [6.45, 7) is 0.264. The van der Waals surface area contributed by atoms with Crippen molar-refractivity contribution < 1.29 is 13.2 Å². The molecule has 6 nitrogen and oxygen atoms in total. The molecule has 0 aromatic carbocycles. The first-order chi connectivity index (χ1) is 11.4. The lowest BCUT2D eigenvalue weighted by atomic mass is 10.1. The van der Waals surface area contributed by atoms with Crippen molar-refractivity contribution in [3.8, 4) is 0 Å². The number of hydrogen-bond acceptors (Lipinski definition) is 5. The first-order valence-electron chi connectivity index (χ1n) is 7.95. The summed E-state index contributed by atoms with van der Waals surface area (Å²) in [5, 5.41) is 6.15. The molecule has 2 aromatic rings. The third kappa shape index (κ3) is 4.05. The smallest absolute Gasteiger partial charge is 0.223 e. The predicted molar refractivity (Wildman–Crippen MR) is 93.6 cm³/mol. The van der Waals surface area contributed by atoms with Gasteiger partial charge in [-0.05, 0) is 24.3 Å². The number of nitrogens with zero attached hydrogens (tertiary/aromatic N) is 3. The van der Waals surface area contributed by atoms with Crippen molar-refractivity contribution in [3.05, 3.63) is 40.3 Å². The minimum Gasteiger partial charge on any atom is -0.333 e. The number of thiophene rings is 1. The Labute approximate surface area is 146 Å². The number of sulfone groups is 1. The second-order valence-electron chi connectivity index (χ2n) is 6.10. The van der Waals surface area contributed by atoms with Crippen molar-refractivity contribution in [1.82, 2.24) is 14.7 Å². The fraction of sp³-hybridized carbons (Fsp3) is 0.500. The highest BCUT2D eigenvalue weighted by molar-refractivity contribution is 7.91. The summed E-state index contributed by atoms with van der Waals surface area (Å²) in [5.74, 6) is 0.0470. The van der Waals surface area contributed by atoms with Gasteiger partial charge in [0.15, 0.2) is 9.84 Å². The van der Waals surface area contributed by atoms with E-state index in [1.54, 1.807) is 40.4 Å². The fourth-order valence-electron chi connectivity index (χ4n) is 3.01. The van der Waals surface area contributed by atoms with Crippen LogP contribution in [0.4, 0.5) is 0 Å². The van der Waals surface area contributed by atoms with Gasteiger partial charge in [0.1, 0.15) is 0 Å². The zero-order valence-electron chi connectivity index (χ0n) is 13.6. The van der Waals surface area contributed by atoms with Crippen molar-refractivity contribution in [2.75, 3.05) is 18.1 Å². The maximum absolute atomic E-state index is 12.6. The standard InChI is InChI=1S/C16H21N3O3S2/c1-18-11-13(10-17-18)15-12-24(21,22)9-7-19(15)16(20)6-2-4-14-5-3-8-23-14/h3,5,8,10-11,15H,2,4,6-7,9,12H2,1H3. The molecule has 0 saturated carbocycles. The highest BCUT2D eigenvalue weighted by Gasteiger charge is 2.35. The summed E-state index contributed by atoms with van der Waals surface area (Å²) >= 11 is 1.69. The molecule has 1 amide bonds. The Balaban J connectivity index is 1.68. The molecule has 1 saturated heterocycles. The van der Waals surface area contributed by atoms with Crippen LogP contribution in [0.15, 0.2) is 29.9 Å². The van der Waals surface area contributed by atoms with Gasteiger partial charge in [0.05, 0.1) is 23.7 Å². The van der Waals surface area contributed by atoms with E-state index >= 15 is 0 Å². The second kappa shape index (κ2) is 7.06. The van der Waals surface area contributed by atoms with Crippen molar-refractivity contribution >= 4 is 27.1 Å². The van der Waals surface area contributed by atoms with Crippen LogP contribution in [0.1, 0.15) is 29.3 Å². The van der Waals surface area contributed by atoms with E-state index in [9.17, 15) is 13.2 Å². The molecule has 0 aliphatic carbocycles. The first-order valence-corrected chi connectivity index (χ1v) is 10.7. The van der Waals surface area contributed by atoms with Crippen molar-refractivity contribution in [1.29, 1.82) is 0 Å². The molecule has 1 aliphatic heterocycles. The molecular weight excluding hydrogens is 346 g/mol. The van der Waals surface area contributed by atoms with Crippen molar-refractivity contribution in [3.63, 3.8) is 0 Å². The summed E-state index contributed by atoms with van der Waals surface area (Å²) in [6, 6.07) is 3.66. The normalized spacial score (nSPS) is 20.2. The second-order valence-corrected chi connectivity index (χ2v) is 9.36. The Hall–Kier alpha value is -1.67. The average molecular weight is 367 g/mol. The van der Waals surface area contributed by atoms with E-state index in [4.69, 9.17) is 0 Å². The summed E-state index contributed by atoms with van der Waals surface area (Å²) in [5.41, 5.74) is 0.785. The van der Waals surface area contributed by atoms with E-state index in [1.807, 2.05) is 11.4 Å². The maximum Gasteiger partial charge on any atom is 0.223 e. The molecule has 1 aliphatic rings. The molecule has 1 unspecified atom stereocenters. The van der Waals surface area contributed by atoms with Crippen LogP contribution in [0.25, 0.3) is 0 Å². The number of rotatable bonds is 5. The summed E-state index contributed by atoms with van der Waals surface area (Å²) in [4.78, 5) is 15.6. The number of amides is 1. The van der Waals surface area contributed by atoms with Crippen LogP contribution in [0.2, 0.25) is 0 Å². The number of aromatic nitrogens is 2. The molecule has 2 aromatic heterocycles. The van der Waals surface area contributed by atoms with Crippen molar-refractivity contribution in [2.45, 2.75) is 25.3 Å². The van der Waals surface area contributed by atoms with Gasteiger partial charge in [-0.2, -0.15) is 5.10 Å². The zero-order chi connectivity index (χ0) is 17.2. The number of aryl methyl sites for hydroxylation is 2. The molecule has 3 heterocycles. The van der Waals surface area contributed by atoms with Crippen LogP contribution < -0.4 is 0 Å². The SMILES string of the molecule is Cn1cc(C2CS(=O)(=O)CCN2C(=O)CCCc2cccs2)cn1. The van der Waals surface area contributed by atoms with E-state index in [1.165, 1.54) is 4.88 Å². The highest BCUT2D eigenvalue weighted by atomic mass is 32.2. The summed E-state index contributed by atoms with van der Waals surface area (Å²) in [6.07, 6.45) is 5.54. The molecule has 1 fully saturated rings. The molecule has 3 rings (SSSR count). The summed E-state index contributed by atoms with van der Waals surface area (Å²) in [7, 11) is -1.34. The summed E-state index contributed by atoms with van der Waals surface area (Å²) < 4.78 is 25.7. The van der Waals surface area contributed by atoms with Gasteiger partial charge in [-0.3, -0.25) is 9.48 Å². The monoisotopic (exact) mass is 367 g/mol. The van der Waals surface area contributed by atoms with Crippen LogP contribution in [-0.2, 0) is 28.1 Å². The Morgan fingerprint density at radius 2 is 2.29 bits per heavy atom. The predicted octanol–water partition coefficient (Wildman–Crippen LogP) is 1.80. The Bertz CT molecular complexity index is 796. The Morgan fingerprint density at radius 1 is 1.46 bits per heavy atom. The highest BCUT2D eigenvalue weighted by Crippen LogP contribution is 2.27. The fourth-order valence-corrected chi connectivity index (χ4v) is 5.25. The molecule has 1 atom stereocenters. The number of hydrogen-bond donors (Lipinski definition) is 0. The third-order valence-electron chi connectivity index (χ3n) is 4.26. The Morgan fingerprint density at radius 3 is 2.96 bits per heavy atom. The third-order valence-corrected chi connectivity index (χ3v) is 6.82. The van der Waals surface area contributed by atoms with Gasteiger partial charge in [-0.1, -0.05) is 6.07 Å². The first kappa shape index (κ1) is 17.2. The lowest BCUT2D eigenvalue weighted by Gasteiger charge is -2.35. The van der Waals surface area contributed by atoms with Gasteiger partial charge in [0, 0.05) is 36.7 Å². The molecule has 0 N–H and O–H groups in total. The van der Waals surface area contributed by atoms with Crippen LogP contribution >= 0.6 is 11.3 Å². The molecular formula is C16H21N3O3S2. The van der Waals surface area contributed by atoms with Crippen LogP contribution in [0.3, 0.4) is 0 Å². The minimum absolute atomic E-state index is 0.0185. The molecule has 130 valence electrons. The van der Waals surface area contributed by atoms with E-state index in [-0.39, 0.29) is 24.0 Å². The van der Waals surface area contributed by atoms with Crippen LogP contribution in [0.5, 0.6) is 0 Å². The quantitative estimate of drug-likeness (QED) is 0.808. The van der Waals surface area contributed by atoms with E-state index in [0.29, 0.717) is 6.42 Å². The van der Waals surface area contributed by atoms with Gasteiger partial charge < -0.3 is 4.90 Å². The van der Waals surface area contributed by atoms with E-state index < -0.39 is 15.9 Å². The molecule has 0 spiro atoms. The van der Waals surface area contributed by atoms with E-state index in [2.05, 4.69) is 11.2 Å². The largest absolute Gasteiger partial charge is 0.333 e. The number of carbonyl (C=O) groups is 1. The minimum atomic E-state index is -3.12. The van der Waals surface area contributed by atoms with Gasteiger partial charge in [-0.25, -0.2) is 8.42 Å². The number of carbonyl (C=O) groups excluding carboxylic acids is 1. The lowest BCUT2D eigenvalue weighted by Crippen LogP contribution is -2.46. The van der Waals surface area contributed by atoms with Crippen LogP contribution in [-0.4, -0.2) is 47.1 Å². The molecule has 24 heavy (non-hydrogen) atoms. The lowest BCUT2D eigenvalue weighted by molar-refractivity contribution is -0.133. The molecule has 0 bridgehead atoms. The maximum atomic E-state index is 12.6. The van der Waals surface area contributed by atoms with Gasteiger partial charge in [0.25, 0.3) is 0 Å². The van der Waals surface area contributed by atoms with Gasteiger partial charge in [-0.15, -0.1) is 11.3 Å². The Kier molecular flexibility index (Phi) is 5.05. The van der Waals surface area contributed by atoms with Gasteiger partial charge >= 0.3 is 0 Å². The average Bonchev–Trinajstić information content (AvgIpc) is 3.18. The van der Waals surface area contributed by atoms with Crippen molar-refractivity contribution in [2.24, 2.45) is 7.05 Å². The van der Waals surface area contributed by atoms with Crippen LogP contribution in [0, 0.1) is 0 Å².